The summed E-state index contributed by atoms with van der Waals surface area (Å²) >= 11 is 1.19. The van der Waals surface area contributed by atoms with Gasteiger partial charge in [-0.2, -0.15) is 0 Å². The molecule has 8 nitrogen and oxygen atoms in total. The smallest absolute Gasteiger partial charge is 0.278 e. The van der Waals surface area contributed by atoms with Crippen LogP contribution in [0.15, 0.2) is 36.0 Å². The van der Waals surface area contributed by atoms with Gasteiger partial charge in [-0.15, -0.1) is 17.8 Å². The molecule has 3 aromatic rings. The molecule has 0 N–H and O–H groups in total. The van der Waals surface area contributed by atoms with E-state index in [1.165, 1.54) is 21.1 Å². The Morgan fingerprint density at radius 2 is 2.03 bits per heavy atom. The monoisotopic (exact) mass is 477 g/mol. The van der Waals surface area contributed by atoms with E-state index in [9.17, 15) is 14.0 Å². The van der Waals surface area contributed by atoms with Gasteiger partial charge in [0.2, 0.25) is 5.95 Å². The maximum Gasteiger partial charge on any atom is 0.278 e. The Morgan fingerprint density at radius 3 is 2.68 bits per heavy atom. The van der Waals surface area contributed by atoms with E-state index in [4.69, 9.17) is 11.2 Å². The summed E-state index contributed by atoms with van der Waals surface area (Å²) in [6, 6.07) is 4.80. The summed E-state index contributed by atoms with van der Waals surface area (Å²) < 4.78 is 18.8. The van der Waals surface area contributed by atoms with E-state index in [1.807, 2.05) is 12.1 Å². The number of methoxy groups -OCH3 is 1. The van der Waals surface area contributed by atoms with Crippen molar-refractivity contribution in [2.45, 2.75) is 31.2 Å². The molecule has 1 saturated heterocycles. The standard InChI is InChI=1S/C24H20FN5O3S/c1-3-21-28-19(13-34-21)22(31)30(17-8-15(14-4-5-14)9-18(10-17)33-2)20-6-7-29(23(20)32)24-26-11-16(25)12-27-24/h1,8-14,20H,4-7H2,2H3. The van der Waals surface area contributed by atoms with Crippen molar-refractivity contribution in [3.63, 3.8) is 0 Å². The Bertz CT molecular complexity index is 1300. The second kappa shape index (κ2) is 8.83. The number of amides is 2. The number of halogens is 1. The predicted octanol–water partition coefficient (Wildman–Crippen LogP) is 3.39. The third-order valence-corrected chi connectivity index (χ3v) is 6.65. The van der Waals surface area contributed by atoms with Crippen LogP contribution in [0.2, 0.25) is 0 Å². The van der Waals surface area contributed by atoms with Gasteiger partial charge in [0, 0.05) is 23.7 Å². The first-order valence-corrected chi connectivity index (χ1v) is 11.6. The summed E-state index contributed by atoms with van der Waals surface area (Å²) in [5.41, 5.74) is 1.76. The molecule has 2 aromatic heterocycles. The molecule has 5 rings (SSSR count). The highest BCUT2D eigenvalue weighted by atomic mass is 32.1. The first kappa shape index (κ1) is 22.0. The van der Waals surface area contributed by atoms with Crippen LogP contribution in [0.25, 0.3) is 0 Å². The van der Waals surface area contributed by atoms with Crippen LogP contribution in [0.5, 0.6) is 5.75 Å². The Balaban J connectivity index is 1.55. The Kier molecular flexibility index (Phi) is 5.71. The highest BCUT2D eigenvalue weighted by Crippen LogP contribution is 2.43. The van der Waals surface area contributed by atoms with Gasteiger partial charge in [0.15, 0.2) is 10.8 Å². The molecule has 1 saturated carbocycles. The van der Waals surface area contributed by atoms with Gasteiger partial charge in [-0.1, -0.05) is 0 Å². The number of carbonyl (C=O) groups is 2. The lowest BCUT2D eigenvalue weighted by atomic mass is 10.1. The van der Waals surface area contributed by atoms with Crippen molar-refractivity contribution in [2.24, 2.45) is 0 Å². The first-order chi connectivity index (χ1) is 16.5. The number of benzene rings is 1. The number of nitrogens with zero attached hydrogens (tertiary/aromatic N) is 5. The van der Waals surface area contributed by atoms with Crippen molar-refractivity contribution in [3.05, 3.63) is 58.1 Å². The van der Waals surface area contributed by atoms with E-state index >= 15 is 0 Å². The molecule has 0 spiro atoms. The lowest BCUT2D eigenvalue weighted by Gasteiger charge is -2.28. The van der Waals surface area contributed by atoms with Gasteiger partial charge >= 0.3 is 0 Å². The molecule has 1 aliphatic heterocycles. The summed E-state index contributed by atoms with van der Waals surface area (Å²) in [5, 5.41) is 1.97. The second-order valence-corrected chi connectivity index (χ2v) is 8.95. The average molecular weight is 478 g/mol. The second-order valence-electron chi connectivity index (χ2n) is 8.09. The topological polar surface area (TPSA) is 88.5 Å². The van der Waals surface area contributed by atoms with Gasteiger partial charge in [0.25, 0.3) is 11.8 Å². The van der Waals surface area contributed by atoms with Crippen molar-refractivity contribution < 1.29 is 18.7 Å². The molecular weight excluding hydrogens is 457 g/mol. The number of aromatic nitrogens is 3. The number of thiazole rings is 1. The molecule has 34 heavy (non-hydrogen) atoms. The number of hydrogen-bond donors (Lipinski definition) is 0. The minimum Gasteiger partial charge on any atom is -0.497 e. The number of rotatable bonds is 6. The van der Waals surface area contributed by atoms with E-state index in [0.29, 0.717) is 28.8 Å². The molecular formula is C24H20FN5O3S. The molecule has 172 valence electrons. The van der Waals surface area contributed by atoms with Crippen LogP contribution in [0.4, 0.5) is 16.0 Å². The van der Waals surface area contributed by atoms with E-state index in [2.05, 4.69) is 20.9 Å². The normalized spacial score (nSPS) is 17.5. The summed E-state index contributed by atoms with van der Waals surface area (Å²) in [6.45, 7) is 0.283. The van der Waals surface area contributed by atoms with Crippen LogP contribution in [0.1, 0.15) is 46.2 Å². The van der Waals surface area contributed by atoms with Gasteiger partial charge < -0.3 is 4.74 Å². The quantitative estimate of drug-likeness (QED) is 0.506. The van der Waals surface area contributed by atoms with Crippen LogP contribution < -0.4 is 14.5 Å². The van der Waals surface area contributed by atoms with Gasteiger partial charge in [-0.05, 0) is 48.8 Å². The Labute approximate surface area is 199 Å². The third-order valence-electron chi connectivity index (χ3n) is 5.88. The average Bonchev–Trinajstić information content (AvgIpc) is 3.49. The third kappa shape index (κ3) is 4.10. The zero-order valence-corrected chi connectivity index (χ0v) is 19.1. The van der Waals surface area contributed by atoms with Crippen LogP contribution in [-0.2, 0) is 4.79 Å². The lowest BCUT2D eigenvalue weighted by molar-refractivity contribution is -0.118. The fourth-order valence-corrected chi connectivity index (χ4v) is 4.66. The molecule has 1 atom stereocenters. The minimum atomic E-state index is -0.823. The fourth-order valence-electron chi connectivity index (χ4n) is 4.06. The minimum absolute atomic E-state index is 0.0916. The van der Waals surface area contributed by atoms with Crippen LogP contribution in [0, 0.1) is 18.2 Å². The van der Waals surface area contributed by atoms with E-state index in [1.54, 1.807) is 18.6 Å². The fraction of sp³-hybridized carbons (Fsp3) is 0.292. The lowest BCUT2D eigenvalue weighted by Crippen LogP contribution is -2.46. The van der Waals surface area contributed by atoms with E-state index in [0.717, 1.165) is 30.8 Å². The largest absolute Gasteiger partial charge is 0.497 e. The van der Waals surface area contributed by atoms with Crippen LogP contribution >= 0.6 is 11.3 Å². The number of terminal acetylenes is 1. The van der Waals surface area contributed by atoms with Crippen LogP contribution in [-0.4, -0.2) is 46.5 Å². The predicted molar refractivity (Wildman–Crippen MR) is 125 cm³/mol. The van der Waals surface area contributed by atoms with Crippen molar-refractivity contribution in [1.82, 2.24) is 15.0 Å². The van der Waals surface area contributed by atoms with Gasteiger partial charge in [0.05, 0.1) is 19.5 Å². The Morgan fingerprint density at radius 1 is 1.26 bits per heavy atom. The first-order valence-electron chi connectivity index (χ1n) is 10.7. The molecule has 1 aliphatic carbocycles. The molecule has 2 amide bonds. The Hall–Kier alpha value is -3.84. The number of hydrogen-bond acceptors (Lipinski definition) is 7. The number of carbonyl (C=O) groups excluding carboxylic acids is 2. The molecule has 3 heterocycles. The van der Waals surface area contributed by atoms with Crippen molar-refractivity contribution >= 4 is 34.8 Å². The van der Waals surface area contributed by atoms with Gasteiger partial charge in [-0.25, -0.2) is 19.3 Å². The van der Waals surface area contributed by atoms with Gasteiger partial charge in [0.1, 0.15) is 17.5 Å². The van der Waals surface area contributed by atoms with E-state index in [-0.39, 0.29) is 24.1 Å². The van der Waals surface area contributed by atoms with E-state index < -0.39 is 17.8 Å². The summed E-state index contributed by atoms with van der Waals surface area (Å²) in [4.78, 5) is 42.1. The molecule has 0 radical (unpaired) electrons. The van der Waals surface area contributed by atoms with Crippen molar-refractivity contribution in [3.8, 4) is 18.1 Å². The number of ether oxygens (including phenoxy) is 1. The highest BCUT2D eigenvalue weighted by molar-refractivity contribution is 7.10. The molecule has 10 heteroatoms. The molecule has 2 fully saturated rings. The SMILES string of the molecule is C#Cc1nc(C(=O)N(c2cc(OC)cc(C3CC3)c2)C2CCN(c3ncc(F)cn3)C2=O)cs1. The maximum absolute atomic E-state index is 13.7. The zero-order chi connectivity index (χ0) is 23.8. The molecule has 0 bridgehead atoms. The zero-order valence-electron chi connectivity index (χ0n) is 18.3. The highest BCUT2D eigenvalue weighted by Gasteiger charge is 2.42. The maximum atomic E-state index is 13.7. The summed E-state index contributed by atoms with van der Waals surface area (Å²) in [6.07, 6.45) is 9.93. The van der Waals surface area contributed by atoms with Gasteiger partial charge in [-0.3, -0.25) is 19.4 Å². The summed E-state index contributed by atoms with van der Waals surface area (Å²) in [5.74, 6) is 2.14. The number of anilines is 2. The van der Waals surface area contributed by atoms with Crippen LogP contribution in [0.3, 0.4) is 0 Å². The molecule has 2 aliphatic rings. The summed E-state index contributed by atoms with van der Waals surface area (Å²) in [7, 11) is 1.57. The molecule has 1 unspecified atom stereocenters. The van der Waals surface area contributed by atoms with Crippen molar-refractivity contribution in [2.75, 3.05) is 23.5 Å². The molecule has 1 aromatic carbocycles. The van der Waals surface area contributed by atoms with Crippen molar-refractivity contribution in [1.29, 1.82) is 0 Å².